The van der Waals surface area contributed by atoms with Crippen molar-refractivity contribution >= 4 is 23.5 Å². The van der Waals surface area contributed by atoms with Crippen molar-refractivity contribution in [3.63, 3.8) is 0 Å². The van der Waals surface area contributed by atoms with Gasteiger partial charge in [0.2, 0.25) is 5.91 Å². The molecule has 0 bridgehead atoms. The lowest BCUT2D eigenvalue weighted by molar-refractivity contribution is -0.143. The highest BCUT2D eigenvalue weighted by atomic mass is 35.5. The van der Waals surface area contributed by atoms with Crippen LogP contribution in [0, 0.1) is 5.92 Å². The Morgan fingerprint density at radius 2 is 2.00 bits per heavy atom. The molecule has 0 fully saturated rings. The number of halogens is 1. The van der Waals surface area contributed by atoms with Gasteiger partial charge < -0.3 is 15.2 Å². The van der Waals surface area contributed by atoms with E-state index in [0.29, 0.717) is 23.8 Å². The molecular formula is C15H20ClNO4. The highest BCUT2D eigenvalue weighted by Gasteiger charge is 2.22. The number of aliphatic carboxylic acids is 1. The molecule has 6 heteroatoms. The van der Waals surface area contributed by atoms with Gasteiger partial charge in [-0.25, -0.2) is 4.79 Å². The molecule has 0 unspecified atom stereocenters. The number of carboxylic acid groups (broad SMARTS) is 1. The molecule has 0 radical (unpaired) electrons. The molecule has 5 nitrogen and oxygen atoms in total. The molecule has 0 aromatic heterocycles. The van der Waals surface area contributed by atoms with Gasteiger partial charge in [-0.15, -0.1) is 0 Å². The topological polar surface area (TPSA) is 75.6 Å². The molecule has 1 amide bonds. The zero-order valence-electron chi connectivity index (χ0n) is 12.1. The van der Waals surface area contributed by atoms with E-state index in [0.717, 1.165) is 0 Å². The van der Waals surface area contributed by atoms with E-state index < -0.39 is 12.0 Å². The van der Waals surface area contributed by atoms with Gasteiger partial charge in [-0.05, 0) is 24.5 Å². The van der Waals surface area contributed by atoms with Crippen LogP contribution in [0.3, 0.4) is 0 Å². The maximum Gasteiger partial charge on any atom is 0.326 e. The smallest absolute Gasteiger partial charge is 0.326 e. The second-order valence-corrected chi connectivity index (χ2v) is 5.42. The molecule has 1 atom stereocenters. The molecular weight excluding hydrogens is 294 g/mol. The minimum Gasteiger partial charge on any atom is -0.492 e. The number of benzene rings is 1. The molecule has 1 aromatic carbocycles. The fourth-order valence-electron chi connectivity index (χ4n) is 1.74. The number of ether oxygens (including phenoxy) is 1. The lowest BCUT2D eigenvalue weighted by atomic mass is 10.0. The highest BCUT2D eigenvalue weighted by Crippen LogP contribution is 2.23. The molecule has 0 aliphatic heterocycles. The summed E-state index contributed by atoms with van der Waals surface area (Å²) < 4.78 is 5.46. The summed E-state index contributed by atoms with van der Waals surface area (Å²) in [6, 6.07) is 6.24. The molecule has 0 saturated heterocycles. The molecule has 0 aliphatic carbocycles. The van der Waals surface area contributed by atoms with Crippen molar-refractivity contribution in [3.05, 3.63) is 29.3 Å². The van der Waals surface area contributed by atoms with Crippen molar-refractivity contribution in [2.24, 2.45) is 5.92 Å². The van der Waals surface area contributed by atoms with Gasteiger partial charge in [-0.2, -0.15) is 0 Å². The molecule has 116 valence electrons. The third kappa shape index (κ3) is 6.04. The summed E-state index contributed by atoms with van der Waals surface area (Å²) >= 11 is 5.93. The highest BCUT2D eigenvalue weighted by molar-refractivity contribution is 6.32. The van der Waals surface area contributed by atoms with Crippen LogP contribution in [0.2, 0.25) is 5.02 Å². The first-order valence-electron chi connectivity index (χ1n) is 6.81. The lowest BCUT2D eigenvalue weighted by Crippen LogP contribution is -2.44. The third-order valence-corrected chi connectivity index (χ3v) is 3.20. The first-order valence-corrected chi connectivity index (χ1v) is 7.19. The van der Waals surface area contributed by atoms with E-state index in [9.17, 15) is 9.59 Å². The van der Waals surface area contributed by atoms with E-state index in [4.69, 9.17) is 21.4 Å². The Balaban J connectivity index is 2.31. The summed E-state index contributed by atoms with van der Waals surface area (Å²) in [5.41, 5.74) is 0. The predicted molar refractivity (Wildman–Crippen MR) is 80.6 cm³/mol. The number of nitrogens with one attached hydrogen (secondary N) is 1. The van der Waals surface area contributed by atoms with Crippen LogP contribution >= 0.6 is 11.6 Å². The van der Waals surface area contributed by atoms with Crippen LogP contribution in [0.1, 0.15) is 26.7 Å². The number of para-hydroxylation sites is 1. The largest absolute Gasteiger partial charge is 0.492 e. The van der Waals surface area contributed by atoms with Crippen molar-refractivity contribution in [2.45, 2.75) is 32.7 Å². The van der Waals surface area contributed by atoms with E-state index >= 15 is 0 Å². The SMILES string of the molecule is CC(C)[C@H](NC(=O)CCCOc1ccccc1Cl)C(=O)O. The second kappa shape index (κ2) is 8.52. The fraction of sp³-hybridized carbons (Fsp3) is 0.467. The van der Waals surface area contributed by atoms with Gasteiger partial charge in [0.25, 0.3) is 0 Å². The monoisotopic (exact) mass is 313 g/mol. The van der Waals surface area contributed by atoms with Gasteiger partial charge >= 0.3 is 5.97 Å². The van der Waals surface area contributed by atoms with Gasteiger partial charge in [0.15, 0.2) is 0 Å². The van der Waals surface area contributed by atoms with E-state index in [1.807, 2.05) is 6.07 Å². The zero-order chi connectivity index (χ0) is 15.8. The second-order valence-electron chi connectivity index (χ2n) is 5.01. The molecule has 0 heterocycles. The quantitative estimate of drug-likeness (QED) is 0.724. The average Bonchev–Trinajstić information content (AvgIpc) is 2.42. The number of hydrogen-bond donors (Lipinski definition) is 2. The van der Waals surface area contributed by atoms with Crippen molar-refractivity contribution in [1.82, 2.24) is 5.32 Å². The van der Waals surface area contributed by atoms with Gasteiger partial charge in [0, 0.05) is 6.42 Å². The maximum absolute atomic E-state index is 11.7. The molecule has 2 N–H and O–H groups in total. The Morgan fingerprint density at radius 1 is 1.33 bits per heavy atom. The molecule has 0 saturated carbocycles. The average molecular weight is 314 g/mol. The number of carbonyl (C=O) groups is 2. The summed E-state index contributed by atoms with van der Waals surface area (Å²) in [4.78, 5) is 22.7. The van der Waals surface area contributed by atoms with E-state index in [-0.39, 0.29) is 18.2 Å². The van der Waals surface area contributed by atoms with Crippen LogP contribution in [0.15, 0.2) is 24.3 Å². The Hall–Kier alpha value is -1.75. The van der Waals surface area contributed by atoms with Crippen LogP contribution in [0.4, 0.5) is 0 Å². The molecule has 1 aromatic rings. The Labute approximate surface area is 129 Å². The van der Waals surface area contributed by atoms with Crippen LogP contribution < -0.4 is 10.1 Å². The van der Waals surface area contributed by atoms with Gasteiger partial charge in [0.1, 0.15) is 11.8 Å². The van der Waals surface area contributed by atoms with Crippen LogP contribution in [0.5, 0.6) is 5.75 Å². The summed E-state index contributed by atoms with van der Waals surface area (Å²) in [7, 11) is 0. The van der Waals surface area contributed by atoms with Crippen LogP contribution in [-0.4, -0.2) is 29.6 Å². The maximum atomic E-state index is 11.7. The standard InChI is InChI=1S/C15H20ClNO4/c1-10(2)14(15(19)20)17-13(18)8-5-9-21-12-7-4-3-6-11(12)16/h3-4,6-7,10,14H,5,8-9H2,1-2H3,(H,17,18)(H,19,20)/t14-/m0/s1. The van der Waals surface area contributed by atoms with Crippen molar-refractivity contribution < 1.29 is 19.4 Å². The Bertz CT molecular complexity index is 490. The van der Waals surface area contributed by atoms with Crippen molar-refractivity contribution in [3.8, 4) is 5.75 Å². The summed E-state index contributed by atoms with van der Waals surface area (Å²) in [6.45, 7) is 3.84. The third-order valence-electron chi connectivity index (χ3n) is 2.89. The van der Waals surface area contributed by atoms with Gasteiger partial charge in [-0.1, -0.05) is 37.6 Å². The fourth-order valence-corrected chi connectivity index (χ4v) is 1.93. The minimum atomic E-state index is -1.02. The molecule has 0 spiro atoms. The molecule has 0 aliphatic rings. The number of amides is 1. The predicted octanol–water partition coefficient (Wildman–Crippen LogP) is 2.72. The van der Waals surface area contributed by atoms with Crippen molar-refractivity contribution in [1.29, 1.82) is 0 Å². The zero-order valence-corrected chi connectivity index (χ0v) is 12.9. The number of carbonyl (C=O) groups excluding carboxylic acids is 1. The Kier molecular flexibility index (Phi) is 7.02. The minimum absolute atomic E-state index is 0.161. The summed E-state index contributed by atoms with van der Waals surface area (Å²) in [6.07, 6.45) is 0.697. The first kappa shape index (κ1) is 17.3. The normalized spacial score (nSPS) is 12.0. The van der Waals surface area contributed by atoms with E-state index in [1.54, 1.807) is 32.0 Å². The van der Waals surface area contributed by atoms with Gasteiger partial charge in [0.05, 0.1) is 11.6 Å². The summed E-state index contributed by atoms with van der Waals surface area (Å²) in [5, 5.41) is 12.0. The Morgan fingerprint density at radius 3 is 2.57 bits per heavy atom. The van der Waals surface area contributed by atoms with Crippen molar-refractivity contribution in [2.75, 3.05) is 6.61 Å². The van der Waals surface area contributed by atoms with E-state index in [1.165, 1.54) is 0 Å². The van der Waals surface area contributed by atoms with E-state index in [2.05, 4.69) is 5.32 Å². The van der Waals surface area contributed by atoms with Gasteiger partial charge in [-0.3, -0.25) is 4.79 Å². The molecule has 21 heavy (non-hydrogen) atoms. The lowest BCUT2D eigenvalue weighted by Gasteiger charge is -2.17. The van der Waals surface area contributed by atoms with Crippen LogP contribution in [0.25, 0.3) is 0 Å². The van der Waals surface area contributed by atoms with Crippen LogP contribution in [-0.2, 0) is 9.59 Å². The number of hydrogen-bond acceptors (Lipinski definition) is 3. The molecule has 1 rings (SSSR count). The number of rotatable bonds is 8. The first-order chi connectivity index (χ1) is 9.91. The summed E-state index contributed by atoms with van der Waals surface area (Å²) in [5.74, 6) is -0.902. The number of carboxylic acids is 1.